The molecule has 2 heterocycles. The Kier molecular flexibility index (Phi) is 3.49. The van der Waals surface area contributed by atoms with Crippen LogP contribution in [0.4, 0.5) is 0 Å². The van der Waals surface area contributed by atoms with E-state index in [1.54, 1.807) is 6.20 Å². The second-order valence-corrected chi connectivity index (χ2v) is 5.18. The lowest BCUT2D eigenvalue weighted by Gasteiger charge is -2.04. The summed E-state index contributed by atoms with van der Waals surface area (Å²) in [6.07, 6.45) is 3.07. The van der Waals surface area contributed by atoms with Gasteiger partial charge >= 0.3 is 0 Å². The van der Waals surface area contributed by atoms with Gasteiger partial charge in [0.25, 0.3) is 5.91 Å². The van der Waals surface area contributed by atoms with Crippen LogP contribution in [0.1, 0.15) is 21.6 Å². The lowest BCUT2D eigenvalue weighted by Crippen LogP contribution is -2.11. The zero-order valence-electron chi connectivity index (χ0n) is 11.3. The number of hydrogen-bond donors (Lipinski definition) is 1. The summed E-state index contributed by atoms with van der Waals surface area (Å²) in [6, 6.07) is 9.41. The number of rotatable bonds is 3. The van der Waals surface area contributed by atoms with Crippen LogP contribution in [0.25, 0.3) is 10.9 Å². The van der Waals surface area contributed by atoms with E-state index in [4.69, 9.17) is 22.6 Å². The summed E-state index contributed by atoms with van der Waals surface area (Å²) in [5.41, 5.74) is 7.15. The minimum atomic E-state index is -0.669. The lowest BCUT2D eigenvalue weighted by atomic mass is 10.1. The quantitative estimate of drug-likeness (QED) is 0.800. The number of carbonyl (C=O) groups excluding carboxylic acids is 1. The van der Waals surface area contributed by atoms with Crippen LogP contribution in [-0.2, 0) is 6.54 Å². The van der Waals surface area contributed by atoms with Crippen molar-refractivity contribution >= 4 is 28.4 Å². The van der Waals surface area contributed by atoms with Crippen molar-refractivity contribution in [2.75, 3.05) is 0 Å². The van der Waals surface area contributed by atoms with E-state index < -0.39 is 5.91 Å². The van der Waals surface area contributed by atoms with Crippen molar-refractivity contribution in [1.82, 2.24) is 14.8 Å². The average Bonchev–Trinajstić information content (AvgIpc) is 2.90. The number of primary amides is 1. The molecular weight excluding hydrogens is 302 g/mol. The predicted octanol–water partition coefficient (Wildman–Crippen LogP) is 2.10. The third kappa shape index (κ3) is 2.62. The fraction of sp³-hybridized carbons (Fsp3) is 0.0667. The highest BCUT2D eigenvalue weighted by atomic mass is 35.5. The molecule has 0 saturated heterocycles. The number of nitrogens with two attached hydrogens (primary N) is 1. The first-order chi connectivity index (χ1) is 10.6. The third-order valence-corrected chi connectivity index (χ3v) is 3.40. The summed E-state index contributed by atoms with van der Waals surface area (Å²) >= 11 is 5.94. The van der Waals surface area contributed by atoms with E-state index in [2.05, 4.69) is 10.1 Å². The normalized spacial score (nSPS) is 10.5. The van der Waals surface area contributed by atoms with Crippen molar-refractivity contribution in [3.63, 3.8) is 0 Å². The van der Waals surface area contributed by atoms with Crippen LogP contribution in [0.15, 0.2) is 36.7 Å². The van der Waals surface area contributed by atoms with E-state index in [9.17, 15) is 4.79 Å². The SMILES string of the molecule is N#Cc1nn(Cc2ccc3ncc(Cl)cc3c2)cc1C(N)=O. The van der Waals surface area contributed by atoms with Gasteiger partial charge in [0.1, 0.15) is 6.07 Å². The maximum atomic E-state index is 11.3. The van der Waals surface area contributed by atoms with Crippen LogP contribution in [0.2, 0.25) is 5.02 Å². The van der Waals surface area contributed by atoms with Gasteiger partial charge in [-0.05, 0) is 23.8 Å². The van der Waals surface area contributed by atoms with Crippen LogP contribution in [-0.4, -0.2) is 20.7 Å². The van der Waals surface area contributed by atoms with Gasteiger partial charge < -0.3 is 5.73 Å². The molecule has 0 saturated carbocycles. The molecule has 3 rings (SSSR count). The molecule has 7 heteroatoms. The molecule has 22 heavy (non-hydrogen) atoms. The van der Waals surface area contributed by atoms with Crippen LogP contribution < -0.4 is 5.73 Å². The molecule has 0 fully saturated rings. The Balaban J connectivity index is 1.96. The maximum absolute atomic E-state index is 11.3. The molecule has 0 unspecified atom stereocenters. The summed E-state index contributed by atoms with van der Waals surface area (Å²) in [4.78, 5) is 15.5. The molecule has 108 valence electrons. The van der Waals surface area contributed by atoms with Gasteiger partial charge in [-0.15, -0.1) is 0 Å². The van der Waals surface area contributed by atoms with Gasteiger partial charge in [0.2, 0.25) is 0 Å². The minimum Gasteiger partial charge on any atom is -0.365 e. The Morgan fingerprint density at radius 2 is 2.23 bits per heavy atom. The summed E-state index contributed by atoms with van der Waals surface area (Å²) in [7, 11) is 0. The van der Waals surface area contributed by atoms with Gasteiger partial charge in [-0.25, -0.2) is 0 Å². The van der Waals surface area contributed by atoms with Gasteiger partial charge in [-0.2, -0.15) is 10.4 Å². The van der Waals surface area contributed by atoms with Crippen molar-refractivity contribution in [3.05, 3.63) is 58.5 Å². The Hall–Kier alpha value is -2.91. The van der Waals surface area contributed by atoms with Gasteiger partial charge in [-0.3, -0.25) is 14.5 Å². The summed E-state index contributed by atoms with van der Waals surface area (Å²) in [6.45, 7) is 0.407. The highest BCUT2D eigenvalue weighted by Crippen LogP contribution is 2.19. The second-order valence-electron chi connectivity index (χ2n) is 4.75. The van der Waals surface area contributed by atoms with Gasteiger partial charge in [0, 0.05) is 17.8 Å². The Morgan fingerprint density at radius 1 is 1.41 bits per heavy atom. The highest BCUT2D eigenvalue weighted by molar-refractivity contribution is 6.31. The molecule has 2 N–H and O–H groups in total. The molecule has 0 atom stereocenters. The monoisotopic (exact) mass is 311 g/mol. The van der Waals surface area contributed by atoms with Crippen molar-refractivity contribution in [3.8, 4) is 6.07 Å². The van der Waals surface area contributed by atoms with E-state index in [1.807, 2.05) is 30.3 Å². The highest BCUT2D eigenvalue weighted by Gasteiger charge is 2.13. The first-order valence-corrected chi connectivity index (χ1v) is 6.76. The number of benzene rings is 1. The molecule has 6 nitrogen and oxygen atoms in total. The molecule has 0 radical (unpaired) electrons. The molecule has 2 aromatic heterocycles. The van der Waals surface area contributed by atoms with Gasteiger partial charge in [0.15, 0.2) is 5.69 Å². The van der Waals surface area contributed by atoms with Gasteiger partial charge in [0.05, 0.1) is 22.6 Å². The molecule has 1 amide bonds. The number of nitrogens with zero attached hydrogens (tertiary/aromatic N) is 4. The smallest absolute Gasteiger partial charge is 0.253 e. The number of nitriles is 1. The number of fused-ring (bicyclic) bond motifs is 1. The molecule has 1 aromatic carbocycles. The molecule has 0 aliphatic carbocycles. The number of halogens is 1. The molecule has 3 aromatic rings. The fourth-order valence-electron chi connectivity index (χ4n) is 2.20. The molecule has 0 bridgehead atoms. The summed E-state index contributed by atoms with van der Waals surface area (Å²) in [5, 5.41) is 14.5. The van der Waals surface area contributed by atoms with Crippen molar-refractivity contribution in [1.29, 1.82) is 5.26 Å². The second kappa shape index (κ2) is 5.47. The zero-order valence-corrected chi connectivity index (χ0v) is 12.1. The van der Waals surface area contributed by atoms with Crippen LogP contribution in [0.5, 0.6) is 0 Å². The van der Waals surface area contributed by atoms with Crippen LogP contribution in [0.3, 0.4) is 0 Å². The largest absolute Gasteiger partial charge is 0.365 e. The number of amides is 1. The number of hydrogen-bond acceptors (Lipinski definition) is 4. The lowest BCUT2D eigenvalue weighted by molar-refractivity contribution is 0.1000. The van der Waals surface area contributed by atoms with Crippen molar-refractivity contribution in [2.24, 2.45) is 5.73 Å². The topological polar surface area (TPSA) is 97.6 Å². The molecule has 0 spiro atoms. The minimum absolute atomic E-state index is 0.0259. The van der Waals surface area contributed by atoms with E-state index >= 15 is 0 Å². The average molecular weight is 312 g/mol. The van der Waals surface area contributed by atoms with E-state index in [0.717, 1.165) is 16.5 Å². The molecule has 0 aliphatic heterocycles. The summed E-state index contributed by atoms with van der Waals surface area (Å²) in [5.74, 6) is -0.669. The number of aromatic nitrogens is 3. The van der Waals surface area contributed by atoms with E-state index in [-0.39, 0.29) is 11.3 Å². The Labute approximate surface area is 130 Å². The van der Waals surface area contributed by atoms with Crippen LogP contribution >= 0.6 is 11.6 Å². The molecule has 0 aliphatic rings. The predicted molar refractivity (Wildman–Crippen MR) is 81.3 cm³/mol. The maximum Gasteiger partial charge on any atom is 0.253 e. The van der Waals surface area contributed by atoms with Gasteiger partial charge in [-0.1, -0.05) is 17.7 Å². The summed E-state index contributed by atoms with van der Waals surface area (Å²) < 4.78 is 1.51. The standard InChI is InChI=1S/C15H10ClN5O/c16-11-4-10-3-9(1-2-13(10)19-6-11)7-21-8-12(15(18)22)14(5-17)20-21/h1-4,6,8H,7H2,(H2,18,22). The first kappa shape index (κ1) is 14.0. The number of pyridine rings is 1. The van der Waals surface area contributed by atoms with Crippen LogP contribution in [0, 0.1) is 11.3 Å². The van der Waals surface area contributed by atoms with E-state index in [0.29, 0.717) is 11.6 Å². The Morgan fingerprint density at radius 3 is 2.91 bits per heavy atom. The molecular formula is C15H10ClN5O. The van der Waals surface area contributed by atoms with Crippen molar-refractivity contribution in [2.45, 2.75) is 6.54 Å². The number of carbonyl (C=O) groups is 1. The first-order valence-electron chi connectivity index (χ1n) is 6.38. The zero-order chi connectivity index (χ0) is 15.7. The van der Waals surface area contributed by atoms with Crippen molar-refractivity contribution < 1.29 is 4.79 Å². The Bertz CT molecular complexity index is 925. The van der Waals surface area contributed by atoms with E-state index in [1.165, 1.54) is 10.9 Å². The third-order valence-electron chi connectivity index (χ3n) is 3.19. The fourth-order valence-corrected chi connectivity index (χ4v) is 2.37.